The maximum Gasteiger partial charge on any atom is 0.261 e. The number of halogens is 2. The second-order valence-corrected chi connectivity index (χ2v) is 4.10. The molecule has 0 amide bonds. The fourth-order valence-corrected chi connectivity index (χ4v) is 1.81. The van der Waals surface area contributed by atoms with Crippen molar-refractivity contribution in [2.45, 2.75) is 25.8 Å². The number of nitrogens with one attached hydrogen (secondary N) is 1. The maximum atomic E-state index is 11.9. The van der Waals surface area contributed by atoms with Gasteiger partial charge in [0.15, 0.2) is 0 Å². The van der Waals surface area contributed by atoms with Crippen molar-refractivity contribution in [3.8, 4) is 5.75 Å². The van der Waals surface area contributed by atoms with Crippen LogP contribution in [0.1, 0.15) is 24.9 Å². The molecular formula is C14H21F2NO2. The maximum absolute atomic E-state index is 11.9. The molecule has 0 aromatic heterocycles. The first kappa shape index (κ1) is 15.9. The SMILES string of the molecule is CCOc1ccc(C(CCOCC(F)F)NC)cc1. The third-order valence-electron chi connectivity index (χ3n) is 2.74. The molecule has 0 aliphatic carbocycles. The van der Waals surface area contributed by atoms with Crippen LogP contribution in [0.4, 0.5) is 8.78 Å². The summed E-state index contributed by atoms with van der Waals surface area (Å²) in [4.78, 5) is 0. The zero-order valence-electron chi connectivity index (χ0n) is 11.4. The van der Waals surface area contributed by atoms with Crippen LogP contribution in [0.3, 0.4) is 0 Å². The normalized spacial score (nSPS) is 12.7. The van der Waals surface area contributed by atoms with Gasteiger partial charge in [-0.25, -0.2) is 8.78 Å². The fourth-order valence-electron chi connectivity index (χ4n) is 1.81. The van der Waals surface area contributed by atoms with Gasteiger partial charge in [0.25, 0.3) is 6.43 Å². The van der Waals surface area contributed by atoms with E-state index in [0.29, 0.717) is 19.6 Å². The summed E-state index contributed by atoms with van der Waals surface area (Å²) < 4.78 is 34.1. The average Bonchev–Trinajstić information content (AvgIpc) is 2.40. The van der Waals surface area contributed by atoms with E-state index in [0.717, 1.165) is 11.3 Å². The summed E-state index contributed by atoms with van der Waals surface area (Å²) in [5, 5.41) is 3.15. The Morgan fingerprint density at radius 2 is 1.89 bits per heavy atom. The van der Waals surface area contributed by atoms with Crippen molar-refractivity contribution in [3.63, 3.8) is 0 Å². The first-order chi connectivity index (χ1) is 9.17. The van der Waals surface area contributed by atoms with Crippen LogP contribution in [-0.4, -0.2) is 33.3 Å². The molecule has 108 valence electrons. The van der Waals surface area contributed by atoms with Crippen molar-refractivity contribution in [2.24, 2.45) is 0 Å². The molecule has 0 heterocycles. The summed E-state index contributed by atoms with van der Waals surface area (Å²) in [6.45, 7) is 2.38. The van der Waals surface area contributed by atoms with Crippen molar-refractivity contribution < 1.29 is 18.3 Å². The second-order valence-electron chi connectivity index (χ2n) is 4.10. The molecule has 1 aromatic carbocycles. The summed E-state index contributed by atoms with van der Waals surface area (Å²) in [6.07, 6.45) is -1.75. The fraction of sp³-hybridized carbons (Fsp3) is 0.571. The lowest BCUT2D eigenvalue weighted by Crippen LogP contribution is -2.19. The Labute approximate surface area is 112 Å². The minimum atomic E-state index is -2.40. The predicted molar refractivity (Wildman–Crippen MR) is 70.9 cm³/mol. The molecule has 0 bridgehead atoms. The molecule has 1 unspecified atom stereocenters. The lowest BCUT2D eigenvalue weighted by atomic mass is 10.0. The number of hydrogen-bond donors (Lipinski definition) is 1. The van der Waals surface area contributed by atoms with Gasteiger partial charge in [-0.2, -0.15) is 0 Å². The van der Waals surface area contributed by atoms with E-state index in [2.05, 4.69) is 5.32 Å². The Morgan fingerprint density at radius 3 is 2.42 bits per heavy atom. The van der Waals surface area contributed by atoms with E-state index in [9.17, 15) is 8.78 Å². The third-order valence-corrected chi connectivity index (χ3v) is 2.74. The van der Waals surface area contributed by atoms with Crippen LogP contribution in [0.25, 0.3) is 0 Å². The highest BCUT2D eigenvalue weighted by Gasteiger charge is 2.10. The number of alkyl halides is 2. The van der Waals surface area contributed by atoms with Gasteiger partial charge in [0.05, 0.1) is 6.61 Å². The van der Waals surface area contributed by atoms with Gasteiger partial charge < -0.3 is 14.8 Å². The molecule has 19 heavy (non-hydrogen) atoms. The smallest absolute Gasteiger partial charge is 0.261 e. The Morgan fingerprint density at radius 1 is 1.21 bits per heavy atom. The molecule has 5 heteroatoms. The van der Waals surface area contributed by atoms with Gasteiger partial charge in [0.1, 0.15) is 12.4 Å². The van der Waals surface area contributed by atoms with Crippen molar-refractivity contribution >= 4 is 0 Å². The van der Waals surface area contributed by atoms with Crippen molar-refractivity contribution in [3.05, 3.63) is 29.8 Å². The Kier molecular flexibility index (Phi) is 7.36. The van der Waals surface area contributed by atoms with E-state index in [1.807, 2.05) is 38.2 Å². The van der Waals surface area contributed by atoms with Crippen molar-refractivity contribution in [1.82, 2.24) is 5.32 Å². The van der Waals surface area contributed by atoms with Gasteiger partial charge in [-0.05, 0) is 38.1 Å². The molecule has 1 atom stereocenters. The minimum Gasteiger partial charge on any atom is -0.494 e. The van der Waals surface area contributed by atoms with E-state index in [1.54, 1.807) is 0 Å². The monoisotopic (exact) mass is 273 g/mol. The number of rotatable bonds is 9. The molecule has 0 aliphatic rings. The highest BCUT2D eigenvalue weighted by Crippen LogP contribution is 2.20. The minimum absolute atomic E-state index is 0.0911. The Balaban J connectivity index is 2.45. The van der Waals surface area contributed by atoms with E-state index >= 15 is 0 Å². The van der Waals surface area contributed by atoms with Crippen molar-refractivity contribution in [2.75, 3.05) is 26.9 Å². The van der Waals surface area contributed by atoms with Gasteiger partial charge in [-0.15, -0.1) is 0 Å². The van der Waals surface area contributed by atoms with Gasteiger partial charge in [-0.1, -0.05) is 12.1 Å². The average molecular weight is 273 g/mol. The first-order valence-electron chi connectivity index (χ1n) is 6.43. The topological polar surface area (TPSA) is 30.5 Å². The van der Waals surface area contributed by atoms with Gasteiger partial charge in [0.2, 0.25) is 0 Å². The molecule has 1 aromatic rings. The third kappa shape index (κ3) is 5.98. The lowest BCUT2D eigenvalue weighted by Gasteiger charge is -2.17. The largest absolute Gasteiger partial charge is 0.494 e. The summed E-state index contributed by atoms with van der Waals surface area (Å²) in [7, 11) is 1.84. The molecular weight excluding hydrogens is 252 g/mol. The molecule has 1 N–H and O–H groups in total. The Hall–Kier alpha value is -1.20. The zero-order valence-corrected chi connectivity index (χ0v) is 11.4. The lowest BCUT2D eigenvalue weighted by molar-refractivity contribution is 0.0145. The summed E-state index contributed by atoms with van der Waals surface area (Å²) >= 11 is 0. The van der Waals surface area contributed by atoms with Gasteiger partial charge in [-0.3, -0.25) is 0 Å². The summed E-state index contributed by atoms with van der Waals surface area (Å²) in [5.41, 5.74) is 1.09. The summed E-state index contributed by atoms with van der Waals surface area (Å²) in [6, 6.07) is 7.85. The van der Waals surface area contributed by atoms with Crippen LogP contribution in [0.2, 0.25) is 0 Å². The van der Waals surface area contributed by atoms with E-state index in [1.165, 1.54) is 0 Å². The molecule has 0 aliphatic heterocycles. The van der Waals surface area contributed by atoms with Crippen LogP contribution in [0, 0.1) is 0 Å². The quantitative estimate of drug-likeness (QED) is 0.702. The second kappa shape index (κ2) is 8.82. The van der Waals surface area contributed by atoms with Crippen LogP contribution >= 0.6 is 0 Å². The predicted octanol–water partition coefficient (Wildman–Crippen LogP) is 3.02. The highest BCUT2D eigenvalue weighted by molar-refractivity contribution is 5.29. The number of hydrogen-bond acceptors (Lipinski definition) is 3. The van der Waals surface area contributed by atoms with Gasteiger partial charge in [0, 0.05) is 12.6 Å². The van der Waals surface area contributed by atoms with Crippen LogP contribution in [-0.2, 0) is 4.74 Å². The molecule has 0 fully saturated rings. The molecule has 0 saturated carbocycles. The van der Waals surface area contributed by atoms with E-state index in [4.69, 9.17) is 9.47 Å². The van der Waals surface area contributed by atoms with E-state index < -0.39 is 13.0 Å². The highest BCUT2D eigenvalue weighted by atomic mass is 19.3. The molecule has 1 rings (SSSR count). The zero-order chi connectivity index (χ0) is 14.1. The van der Waals surface area contributed by atoms with Gasteiger partial charge >= 0.3 is 0 Å². The van der Waals surface area contributed by atoms with Crippen LogP contribution in [0.15, 0.2) is 24.3 Å². The van der Waals surface area contributed by atoms with E-state index in [-0.39, 0.29) is 6.04 Å². The molecule has 0 radical (unpaired) electrons. The van der Waals surface area contributed by atoms with Crippen molar-refractivity contribution in [1.29, 1.82) is 0 Å². The Bertz CT molecular complexity index is 344. The van der Waals surface area contributed by atoms with Crippen LogP contribution < -0.4 is 10.1 Å². The first-order valence-corrected chi connectivity index (χ1v) is 6.43. The summed E-state index contributed by atoms with van der Waals surface area (Å²) in [5.74, 6) is 0.829. The van der Waals surface area contributed by atoms with Crippen LogP contribution in [0.5, 0.6) is 5.75 Å². The molecule has 3 nitrogen and oxygen atoms in total. The molecule has 0 spiro atoms. The number of benzene rings is 1. The standard InChI is InChI=1S/C14H21F2NO2/c1-3-19-12-6-4-11(5-7-12)13(17-2)8-9-18-10-14(15)16/h4-7,13-14,17H,3,8-10H2,1-2H3. The molecule has 0 saturated heterocycles. The number of ether oxygens (including phenoxy) is 2.